The van der Waals surface area contributed by atoms with Gasteiger partial charge >= 0.3 is 12.4 Å². The summed E-state index contributed by atoms with van der Waals surface area (Å²) in [5, 5.41) is 9.90. The van der Waals surface area contributed by atoms with Crippen LogP contribution in [0.4, 0.5) is 37.7 Å². The zero-order valence-corrected chi connectivity index (χ0v) is 18.8. The molecule has 4 rings (SSSR count). The van der Waals surface area contributed by atoms with Crippen molar-refractivity contribution in [2.75, 3.05) is 22.9 Å². The van der Waals surface area contributed by atoms with Crippen molar-refractivity contribution in [1.29, 1.82) is 0 Å². The fraction of sp³-hybridized carbons (Fsp3) is 0.308. The number of aliphatic hydroxyl groups excluding tert-OH is 1. The van der Waals surface area contributed by atoms with E-state index in [4.69, 9.17) is 0 Å². The number of rotatable bonds is 5. The fourth-order valence-electron chi connectivity index (χ4n) is 4.50. The summed E-state index contributed by atoms with van der Waals surface area (Å²) in [7, 11) is 0. The van der Waals surface area contributed by atoms with Crippen molar-refractivity contribution in [3.05, 3.63) is 95.6 Å². The molecule has 3 nitrogen and oxygen atoms in total. The molecule has 0 aliphatic carbocycles. The summed E-state index contributed by atoms with van der Waals surface area (Å²) in [6.45, 7) is 1.25. The maximum atomic E-state index is 13.5. The first kappa shape index (κ1) is 24.9. The molecule has 0 fully saturated rings. The smallest absolute Gasteiger partial charge is 0.382 e. The van der Waals surface area contributed by atoms with Crippen LogP contribution in [0, 0.1) is 0 Å². The minimum Gasteiger partial charge on any atom is -0.382 e. The van der Waals surface area contributed by atoms with Crippen LogP contribution in [0.15, 0.2) is 78.9 Å². The van der Waals surface area contributed by atoms with E-state index in [9.17, 15) is 31.4 Å². The Labute approximate surface area is 199 Å². The maximum Gasteiger partial charge on any atom is 0.416 e. The second kappa shape index (κ2) is 9.45. The van der Waals surface area contributed by atoms with Crippen LogP contribution < -0.4 is 9.80 Å². The highest BCUT2D eigenvalue weighted by molar-refractivity contribution is 5.75. The zero-order valence-electron chi connectivity index (χ0n) is 18.8. The largest absolute Gasteiger partial charge is 0.416 e. The molecule has 1 N–H and O–H groups in total. The fourth-order valence-corrected chi connectivity index (χ4v) is 4.50. The lowest BCUT2D eigenvalue weighted by Gasteiger charge is -2.47. The van der Waals surface area contributed by atoms with Gasteiger partial charge in [0.05, 0.1) is 35.6 Å². The van der Waals surface area contributed by atoms with Crippen molar-refractivity contribution in [2.24, 2.45) is 0 Å². The number of β-amino-alcohol motifs (C(OH)–C–C–N with tert-alkyl or cyclic N) is 1. The van der Waals surface area contributed by atoms with Gasteiger partial charge in [0.2, 0.25) is 0 Å². The molecule has 3 aromatic carbocycles. The summed E-state index contributed by atoms with van der Waals surface area (Å²) < 4.78 is 80.3. The van der Waals surface area contributed by atoms with Crippen molar-refractivity contribution >= 4 is 11.4 Å². The lowest BCUT2D eigenvalue weighted by Crippen LogP contribution is -2.49. The number of benzene rings is 3. The SMILES string of the molecule is C[C@H](c1ccccc1)N1CC(c2cccc(C(F)(F)F)c2)N(C[C@@H](O)C(F)(F)F)c2ccccc21. The molecule has 35 heavy (non-hydrogen) atoms. The highest BCUT2D eigenvalue weighted by Gasteiger charge is 2.43. The van der Waals surface area contributed by atoms with Crippen LogP contribution in [0.25, 0.3) is 0 Å². The molecule has 1 aliphatic rings. The third-order valence-corrected chi connectivity index (χ3v) is 6.34. The number of halogens is 6. The minimum absolute atomic E-state index is 0.124. The number of anilines is 2. The summed E-state index contributed by atoms with van der Waals surface area (Å²) in [4.78, 5) is 3.34. The quantitative estimate of drug-likeness (QED) is 0.397. The average molecular weight is 494 g/mol. The summed E-state index contributed by atoms with van der Waals surface area (Å²) in [6, 6.07) is 19.8. The van der Waals surface area contributed by atoms with Crippen LogP contribution >= 0.6 is 0 Å². The van der Waals surface area contributed by atoms with Crippen molar-refractivity contribution in [3.8, 4) is 0 Å². The Bertz CT molecular complexity index is 1150. The van der Waals surface area contributed by atoms with Crippen molar-refractivity contribution < 1.29 is 31.4 Å². The monoisotopic (exact) mass is 494 g/mol. The third-order valence-electron chi connectivity index (χ3n) is 6.34. The van der Waals surface area contributed by atoms with Gasteiger partial charge in [0, 0.05) is 6.54 Å². The summed E-state index contributed by atoms with van der Waals surface area (Å²) in [5.41, 5.74) is 1.34. The van der Waals surface area contributed by atoms with E-state index in [0.717, 1.165) is 17.7 Å². The topological polar surface area (TPSA) is 26.7 Å². The summed E-state index contributed by atoms with van der Waals surface area (Å²) >= 11 is 0. The normalized spacial score (nSPS) is 18.2. The number of hydrogen-bond acceptors (Lipinski definition) is 3. The number of nitrogens with zero attached hydrogens (tertiary/aromatic N) is 2. The summed E-state index contributed by atoms with van der Waals surface area (Å²) in [5.74, 6) is 0. The van der Waals surface area contributed by atoms with Gasteiger partial charge in [0.15, 0.2) is 6.10 Å². The van der Waals surface area contributed by atoms with Crippen molar-refractivity contribution in [3.63, 3.8) is 0 Å². The Balaban J connectivity index is 1.83. The molecular weight excluding hydrogens is 470 g/mol. The molecule has 0 saturated carbocycles. The van der Waals surface area contributed by atoms with Crippen LogP contribution in [-0.2, 0) is 6.18 Å². The predicted molar refractivity (Wildman–Crippen MR) is 122 cm³/mol. The highest BCUT2D eigenvalue weighted by Crippen LogP contribution is 2.45. The summed E-state index contributed by atoms with van der Waals surface area (Å²) in [6.07, 6.45) is -12.1. The second-order valence-corrected chi connectivity index (χ2v) is 8.58. The Kier molecular flexibility index (Phi) is 6.73. The molecule has 0 amide bonds. The zero-order chi connectivity index (χ0) is 25.4. The molecule has 3 aromatic rings. The van der Waals surface area contributed by atoms with E-state index in [2.05, 4.69) is 0 Å². The number of para-hydroxylation sites is 2. The first-order valence-electron chi connectivity index (χ1n) is 11.1. The van der Waals surface area contributed by atoms with Gasteiger partial charge in [-0.25, -0.2) is 0 Å². The van der Waals surface area contributed by atoms with Crippen LogP contribution in [0.2, 0.25) is 0 Å². The van der Waals surface area contributed by atoms with E-state index < -0.39 is 36.6 Å². The Hall–Kier alpha value is -3.20. The van der Waals surface area contributed by atoms with E-state index in [0.29, 0.717) is 11.4 Å². The van der Waals surface area contributed by atoms with Gasteiger partial charge in [-0.1, -0.05) is 54.6 Å². The van der Waals surface area contributed by atoms with Crippen molar-refractivity contribution in [2.45, 2.75) is 37.5 Å². The molecule has 1 unspecified atom stereocenters. The van der Waals surface area contributed by atoms with E-state index >= 15 is 0 Å². The van der Waals surface area contributed by atoms with Gasteiger partial charge in [-0.3, -0.25) is 0 Å². The average Bonchev–Trinajstić information content (AvgIpc) is 2.83. The molecule has 1 aliphatic heterocycles. The van der Waals surface area contributed by atoms with Crippen LogP contribution in [0.5, 0.6) is 0 Å². The van der Waals surface area contributed by atoms with Gasteiger partial charge in [-0.05, 0) is 42.3 Å². The van der Waals surface area contributed by atoms with Gasteiger partial charge in [0.25, 0.3) is 0 Å². The standard InChI is InChI=1S/C26H24F6N2O/c1-17(18-8-3-2-4-9-18)33-15-23(19-10-7-11-20(14-19)25(27,28)29)34(16-24(35)26(30,31)32)22-13-6-5-12-21(22)33/h2-14,17,23-24,35H,15-16H2,1H3/t17-,23?,24-/m1/s1. The Morgan fingerprint density at radius 2 is 1.49 bits per heavy atom. The van der Waals surface area contributed by atoms with Gasteiger partial charge in [-0.15, -0.1) is 0 Å². The number of hydrogen-bond donors (Lipinski definition) is 1. The highest BCUT2D eigenvalue weighted by atomic mass is 19.4. The molecule has 3 atom stereocenters. The molecule has 186 valence electrons. The van der Waals surface area contributed by atoms with Crippen LogP contribution in [0.1, 0.15) is 35.7 Å². The Morgan fingerprint density at radius 3 is 2.11 bits per heavy atom. The van der Waals surface area contributed by atoms with E-state index in [1.54, 1.807) is 24.3 Å². The first-order chi connectivity index (χ1) is 16.5. The van der Waals surface area contributed by atoms with E-state index in [1.165, 1.54) is 17.0 Å². The molecule has 0 radical (unpaired) electrons. The Morgan fingerprint density at radius 1 is 0.857 bits per heavy atom. The van der Waals surface area contributed by atoms with E-state index in [-0.39, 0.29) is 18.2 Å². The minimum atomic E-state index is -4.87. The van der Waals surface area contributed by atoms with Gasteiger partial charge < -0.3 is 14.9 Å². The molecule has 0 bridgehead atoms. The third kappa shape index (κ3) is 5.24. The number of alkyl halides is 6. The molecule has 9 heteroatoms. The lowest BCUT2D eigenvalue weighted by atomic mass is 9.95. The molecule has 0 spiro atoms. The lowest BCUT2D eigenvalue weighted by molar-refractivity contribution is -0.200. The molecule has 0 aromatic heterocycles. The number of aliphatic hydroxyl groups is 1. The number of fused-ring (bicyclic) bond motifs is 1. The van der Waals surface area contributed by atoms with Crippen LogP contribution in [0.3, 0.4) is 0 Å². The van der Waals surface area contributed by atoms with Crippen molar-refractivity contribution in [1.82, 2.24) is 0 Å². The van der Waals surface area contributed by atoms with Gasteiger partial charge in [0.1, 0.15) is 0 Å². The predicted octanol–water partition coefficient (Wildman–Crippen LogP) is 6.76. The molecule has 0 saturated heterocycles. The molecular formula is C26H24F6N2O. The molecule has 1 heterocycles. The first-order valence-corrected chi connectivity index (χ1v) is 11.1. The van der Waals surface area contributed by atoms with E-state index in [1.807, 2.05) is 42.2 Å². The van der Waals surface area contributed by atoms with Crippen LogP contribution in [-0.4, -0.2) is 30.5 Å². The second-order valence-electron chi connectivity index (χ2n) is 8.58. The maximum absolute atomic E-state index is 13.5. The van der Waals surface area contributed by atoms with Gasteiger partial charge in [-0.2, -0.15) is 26.3 Å².